The molecule has 6 nitrogen and oxygen atoms in total. The lowest BCUT2D eigenvalue weighted by Gasteiger charge is -2.32. The molecular weight excluding hydrogens is 292 g/mol. The average molecular weight is 312 g/mol. The van der Waals surface area contributed by atoms with E-state index in [0.717, 1.165) is 31.1 Å². The molecule has 3 heterocycles. The van der Waals surface area contributed by atoms with Crippen LogP contribution in [0.3, 0.4) is 0 Å². The average Bonchev–Trinajstić information content (AvgIpc) is 2.61. The molecule has 0 aromatic carbocycles. The van der Waals surface area contributed by atoms with Crippen LogP contribution in [-0.4, -0.2) is 41.7 Å². The Labute approximate surface area is 135 Å². The van der Waals surface area contributed by atoms with E-state index in [1.807, 2.05) is 12.1 Å². The molecule has 1 aliphatic heterocycles. The molecule has 6 heteroatoms. The molecule has 120 valence electrons. The number of amides is 1. The third kappa shape index (κ3) is 4.04. The highest BCUT2D eigenvalue weighted by atomic mass is 16.5. The summed E-state index contributed by atoms with van der Waals surface area (Å²) in [5, 5.41) is 2.87. The summed E-state index contributed by atoms with van der Waals surface area (Å²) >= 11 is 0. The molecule has 0 saturated carbocycles. The number of pyridine rings is 2. The first-order valence-electron chi connectivity index (χ1n) is 7.72. The third-order valence-electron chi connectivity index (χ3n) is 3.75. The van der Waals surface area contributed by atoms with Crippen molar-refractivity contribution in [1.82, 2.24) is 15.3 Å². The van der Waals surface area contributed by atoms with Gasteiger partial charge in [0.25, 0.3) is 5.91 Å². The van der Waals surface area contributed by atoms with Gasteiger partial charge >= 0.3 is 0 Å². The van der Waals surface area contributed by atoms with Crippen molar-refractivity contribution in [2.75, 3.05) is 24.6 Å². The Morgan fingerprint density at radius 1 is 1.39 bits per heavy atom. The van der Waals surface area contributed by atoms with Crippen LogP contribution in [0.15, 0.2) is 42.9 Å². The fourth-order valence-corrected chi connectivity index (χ4v) is 2.52. The second-order valence-corrected chi connectivity index (χ2v) is 5.58. The number of carbonyl (C=O) groups excluding carboxylic acids is 1. The minimum absolute atomic E-state index is 0.135. The van der Waals surface area contributed by atoms with Crippen LogP contribution in [0.1, 0.15) is 22.8 Å². The Balaban J connectivity index is 1.56. The number of anilines is 1. The fraction of sp³-hybridized carbons (Fsp3) is 0.353. The summed E-state index contributed by atoms with van der Waals surface area (Å²) in [6.45, 7) is 4.94. The Bertz CT molecular complexity index is 645. The zero-order valence-corrected chi connectivity index (χ0v) is 13.1. The van der Waals surface area contributed by atoms with Gasteiger partial charge in [0.2, 0.25) is 0 Å². The van der Waals surface area contributed by atoms with Gasteiger partial charge in [0, 0.05) is 38.2 Å². The van der Waals surface area contributed by atoms with Gasteiger partial charge in [-0.3, -0.25) is 9.78 Å². The Morgan fingerprint density at radius 3 is 3.00 bits per heavy atom. The Hall–Kier alpha value is -2.47. The maximum atomic E-state index is 12.0. The third-order valence-corrected chi connectivity index (χ3v) is 3.75. The minimum atomic E-state index is -0.135. The van der Waals surface area contributed by atoms with E-state index < -0.39 is 0 Å². The molecular formula is C17H20N4O2. The predicted molar refractivity (Wildman–Crippen MR) is 87.3 cm³/mol. The van der Waals surface area contributed by atoms with Crippen LogP contribution >= 0.6 is 0 Å². The lowest BCUT2D eigenvalue weighted by molar-refractivity contribution is 0.0529. The molecule has 1 aliphatic rings. The monoisotopic (exact) mass is 312 g/mol. The van der Waals surface area contributed by atoms with Gasteiger partial charge in [-0.15, -0.1) is 0 Å². The SMILES string of the molecule is C[C@H]1CN(c2ccc(CNC(=O)c3cccnc3)cn2)CCO1. The molecule has 1 fully saturated rings. The predicted octanol–water partition coefficient (Wildman–Crippen LogP) is 1.63. The number of nitrogens with one attached hydrogen (secondary N) is 1. The highest BCUT2D eigenvalue weighted by molar-refractivity contribution is 5.93. The summed E-state index contributed by atoms with van der Waals surface area (Å²) in [5.41, 5.74) is 1.52. The number of hydrogen-bond donors (Lipinski definition) is 1. The molecule has 1 saturated heterocycles. The molecule has 0 unspecified atom stereocenters. The van der Waals surface area contributed by atoms with Gasteiger partial charge in [-0.1, -0.05) is 6.07 Å². The number of rotatable bonds is 4. The topological polar surface area (TPSA) is 67.4 Å². The van der Waals surface area contributed by atoms with Crippen molar-refractivity contribution in [3.63, 3.8) is 0 Å². The van der Waals surface area contributed by atoms with Gasteiger partial charge in [0.15, 0.2) is 0 Å². The van der Waals surface area contributed by atoms with Gasteiger partial charge in [-0.25, -0.2) is 4.98 Å². The Kier molecular flexibility index (Phi) is 4.83. The molecule has 3 rings (SSSR count). The highest BCUT2D eigenvalue weighted by Crippen LogP contribution is 2.15. The summed E-state index contributed by atoms with van der Waals surface area (Å²) in [5.74, 6) is 0.812. The van der Waals surface area contributed by atoms with Crippen molar-refractivity contribution in [2.24, 2.45) is 0 Å². The fourth-order valence-electron chi connectivity index (χ4n) is 2.52. The smallest absolute Gasteiger partial charge is 0.253 e. The number of morpholine rings is 1. The van der Waals surface area contributed by atoms with Crippen LogP contribution in [-0.2, 0) is 11.3 Å². The number of ether oxygens (including phenoxy) is 1. The number of nitrogens with zero attached hydrogens (tertiary/aromatic N) is 3. The molecule has 1 atom stereocenters. The number of hydrogen-bond acceptors (Lipinski definition) is 5. The van der Waals surface area contributed by atoms with E-state index in [4.69, 9.17) is 4.74 Å². The van der Waals surface area contributed by atoms with E-state index in [0.29, 0.717) is 12.1 Å². The summed E-state index contributed by atoms with van der Waals surface area (Å²) in [7, 11) is 0. The van der Waals surface area contributed by atoms with E-state index in [9.17, 15) is 4.79 Å². The summed E-state index contributed by atoms with van der Waals surface area (Å²) < 4.78 is 5.54. The summed E-state index contributed by atoms with van der Waals surface area (Å²) in [6.07, 6.45) is 5.23. The number of aromatic nitrogens is 2. The molecule has 0 bridgehead atoms. The quantitative estimate of drug-likeness (QED) is 0.929. The van der Waals surface area contributed by atoms with E-state index in [1.54, 1.807) is 30.7 Å². The van der Waals surface area contributed by atoms with Gasteiger partial charge in [0.05, 0.1) is 18.3 Å². The molecule has 0 aliphatic carbocycles. The van der Waals surface area contributed by atoms with Crippen molar-refractivity contribution in [3.05, 3.63) is 54.0 Å². The molecule has 0 radical (unpaired) electrons. The first-order valence-corrected chi connectivity index (χ1v) is 7.72. The maximum Gasteiger partial charge on any atom is 0.253 e. The zero-order valence-electron chi connectivity index (χ0n) is 13.1. The molecule has 0 spiro atoms. The van der Waals surface area contributed by atoms with Crippen molar-refractivity contribution >= 4 is 11.7 Å². The lowest BCUT2D eigenvalue weighted by atomic mass is 10.2. The largest absolute Gasteiger partial charge is 0.375 e. The van der Waals surface area contributed by atoms with Crippen LogP contribution in [0.5, 0.6) is 0 Å². The molecule has 2 aromatic heterocycles. The van der Waals surface area contributed by atoms with Crippen LogP contribution in [0.25, 0.3) is 0 Å². The standard InChI is InChI=1S/C17H20N4O2/c1-13-12-21(7-8-23-13)16-5-4-14(9-19-16)10-20-17(22)15-3-2-6-18-11-15/h2-6,9,11,13H,7-8,10,12H2,1H3,(H,20,22)/t13-/m0/s1. The summed E-state index contributed by atoms with van der Waals surface area (Å²) in [6, 6.07) is 7.47. The van der Waals surface area contributed by atoms with E-state index >= 15 is 0 Å². The van der Waals surface area contributed by atoms with Crippen molar-refractivity contribution < 1.29 is 9.53 Å². The minimum Gasteiger partial charge on any atom is -0.375 e. The van der Waals surface area contributed by atoms with Crippen molar-refractivity contribution in [1.29, 1.82) is 0 Å². The second kappa shape index (κ2) is 7.19. The summed E-state index contributed by atoms with van der Waals surface area (Å²) in [4.78, 5) is 22.6. The van der Waals surface area contributed by atoms with E-state index in [-0.39, 0.29) is 12.0 Å². The normalized spacial score (nSPS) is 17.8. The Morgan fingerprint density at radius 2 is 2.30 bits per heavy atom. The van der Waals surface area contributed by atoms with Gasteiger partial charge in [-0.05, 0) is 30.7 Å². The van der Waals surface area contributed by atoms with Gasteiger partial charge < -0.3 is 15.0 Å². The number of carbonyl (C=O) groups is 1. The molecule has 1 amide bonds. The first kappa shape index (κ1) is 15.4. The van der Waals surface area contributed by atoms with Gasteiger partial charge in [-0.2, -0.15) is 0 Å². The molecule has 2 aromatic rings. The lowest BCUT2D eigenvalue weighted by Crippen LogP contribution is -2.41. The van der Waals surface area contributed by atoms with Crippen molar-refractivity contribution in [2.45, 2.75) is 19.6 Å². The zero-order chi connectivity index (χ0) is 16.1. The first-order chi connectivity index (χ1) is 11.2. The van der Waals surface area contributed by atoms with Crippen LogP contribution in [0.4, 0.5) is 5.82 Å². The van der Waals surface area contributed by atoms with Crippen LogP contribution in [0.2, 0.25) is 0 Å². The van der Waals surface area contributed by atoms with Crippen LogP contribution < -0.4 is 10.2 Å². The van der Waals surface area contributed by atoms with Gasteiger partial charge in [0.1, 0.15) is 5.82 Å². The maximum absolute atomic E-state index is 12.0. The van der Waals surface area contributed by atoms with E-state index in [1.165, 1.54) is 0 Å². The molecule has 1 N–H and O–H groups in total. The van der Waals surface area contributed by atoms with Crippen LogP contribution in [0, 0.1) is 0 Å². The molecule has 23 heavy (non-hydrogen) atoms. The highest BCUT2D eigenvalue weighted by Gasteiger charge is 2.17. The second-order valence-electron chi connectivity index (χ2n) is 5.58. The van der Waals surface area contributed by atoms with E-state index in [2.05, 4.69) is 27.1 Å². The van der Waals surface area contributed by atoms with Crippen molar-refractivity contribution in [3.8, 4) is 0 Å².